The van der Waals surface area contributed by atoms with Crippen molar-refractivity contribution in [3.8, 4) is 11.5 Å². The molecule has 1 fully saturated rings. The van der Waals surface area contributed by atoms with Gasteiger partial charge in [0.1, 0.15) is 6.54 Å². The van der Waals surface area contributed by atoms with E-state index in [9.17, 15) is 4.79 Å². The minimum atomic E-state index is 0. The Morgan fingerprint density at radius 1 is 1.00 bits per heavy atom. The second-order valence-corrected chi connectivity index (χ2v) is 10.8. The van der Waals surface area contributed by atoms with Crippen molar-refractivity contribution in [1.29, 1.82) is 0 Å². The number of ether oxygens (including phenoxy) is 2. The summed E-state index contributed by atoms with van der Waals surface area (Å²) in [5, 5.41) is 1.04. The van der Waals surface area contributed by atoms with Crippen LogP contribution in [-0.4, -0.2) is 44.6 Å². The lowest BCUT2D eigenvalue weighted by atomic mass is 9.89. The highest BCUT2D eigenvalue weighted by molar-refractivity contribution is 7.20. The molecule has 0 aliphatic carbocycles. The molecule has 6 heteroatoms. The van der Waals surface area contributed by atoms with E-state index in [1.54, 1.807) is 25.6 Å². The van der Waals surface area contributed by atoms with Crippen LogP contribution in [0.25, 0.3) is 10.1 Å². The molecule has 0 spiro atoms. The molecule has 0 atom stereocenters. The van der Waals surface area contributed by atoms with Crippen molar-refractivity contribution in [1.82, 2.24) is 0 Å². The fourth-order valence-electron chi connectivity index (χ4n) is 5.06. The highest BCUT2D eigenvalue weighted by Crippen LogP contribution is 2.37. The van der Waals surface area contributed by atoms with Gasteiger partial charge in [-0.25, -0.2) is 0 Å². The quantitative estimate of drug-likeness (QED) is 0.221. The molecule has 4 nitrogen and oxygen atoms in total. The molecule has 1 aromatic heterocycles. The Hall–Kier alpha value is -1.89. The van der Waals surface area contributed by atoms with E-state index in [4.69, 9.17) is 9.47 Å². The summed E-state index contributed by atoms with van der Waals surface area (Å²) in [4.78, 5) is 13.6. The summed E-state index contributed by atoms with van der Waals surface area (Å²) >= 11 is 1.55. The Kier molecular flexibility index (Phi) is 9.57. The Balaban J connectivity index is 0.00000324. The molecule has 1 aliphatic rings. The van der Waals surface area contributed by atoms with Gasteiger partial charge in [0.25, 0.3) is 0 Å². The van der Waals surface area contributed by atoms with Gasteiger partial charge < -0.3 is 30.9 Å². The molecule has 34 heavy (non-hydrogen) atoms. The van der Waals surface area contributed by atoms with Gasteiger partial charge in [-0.3, -0.25) is 4.79 Å². The van der Waals surface area contributed by atoms with Crippen LogP contribution in [0, 0.1) is 5.92 Å². The standard InChI is InChI=1S/C28H36NO3S.BrH/c1-29(20-22-10-5-4-6-11-22)15-13-21(14-16-29)9-7-8-12-24(30)28-18-23-17-25(31-2)26(32-3)19-27(23)33-28;/h4-6,10-11,17-19,21H,7-9,12-16,20H2,1-3H3;1H/q+1;/p-1. The maximum atomic E-state index is 12.8. The lowest BCUT2D eigenvalue weighted by Crippen LogP contribution is -3.00. The van der Waals surface area contributed by atoms with E-state index >= 15 is 0 Å². The van der Waals surface area contributed by atoms with E-state index in [0.717, 1.165) is 44.8 Å². The predicted molar refractivity (Wildman–Crippen MR) is 137 cm³/mol. The van der Waals surface area contributed by atoms with Crippen LogP contribution >= 0.6 is 11.3 Å². The van der Waals surface area contributed by atoms with Crippen LogP contribution in [0.2, 0.25) is 0 Å². The Morgan fingerprint density at radius 3 is 2.35 bits per heavy atom. The second-order valence-electron chi connectivity index (χ2n) is 9.68. The number of carbonyl (C=O) groups excluding carboxylic acids is 1. The van der Waals surface area contributed by atoms with Crippen molar-refractivity contribution in [3.63, 3.8) is 0 Å². The van der Waals surface area contributed by atoms with Crippen molar-refractivity contribution in [3.05, 3.63) is 59.0 Å². The number of Topliss-reactive ketones (excluding diaryl/α,β-unsaturated/α-hetero) is 1. The molecule has 0 amide bonds. The minimum absolute atomic E-state index is 0. The highest BCUT2D eigenvalue weighted by Gasteiger charge is 2.29. The molecule has 1 aliphatic heterocycles. The zero-order chi connectivity index (χ0) is 23.3. The summed E-state index contributed by atoms with van der Waals surface area (Å²) in [6.45, 7) is 3.65. The molecule has 2 heterocycles. The van der Waals surface area contributed by atoms with Gasteiger partial charge in [-0.15, -0.1) is 11.3 Å². The Labute approximate surface area is 218 Å². The largest absolute Gasteiger partial charge is 1.00 e. The molecular formula is C28H36BrNO3S. The molecule has 0 unspecified atom stereocenters. The summed E-state index contributed by atoms with van der Waals surface area (Å²) in [5.41, 5.74) is 1.44. The van der Waals surface area contributed by atoms with E-state index in [-0.39, 0.29) is 22.8 Å². The lowest BCUT2D eigenvalue weighted by molar-refractivity contribution is -0.928. The van der Waals surface area contributed by atoms with Crippen LogP contribution in [0.4, 0.5) is 0 Å². The molecule has 0 N–H and O–H groups in total. The van der Waals surface area contributed by atoms with E-state index in [2.05, 4.69) is 37.4 Å². The zero-order valence-electron chi connectivity index (χ0n) is 20.5. The number of hydrogen-bond donors (Lipinski definition) is 0. The molecule has 0 bridgehead atoms. The fourth-order valence-corrected chi connectivity index (χ4v) is 6.10. The zero-order valence-corrected chi connectivity index (χ0v) is 22.9. The maximum Gasteiger partial charge on any atom is 0.172 e. The van der Waals surface area contributed by atoms with Crippen LogP contribution < -0.4 is 26.5 Å². The average Bonchev–Trinajstić information content (AvgIpc) is 3.25. The number of fused-ring (bicyclic) bond motifs is 1. The highest BCUT2D eigenvalue weighted by atomic mass is 79.9. The number of likely N-dealkylation sites (tertiary alicyclic amines) is 1. The van der Waals surface area contributed by atoms with Crippen LogP contribution in [0.1, 0.15) is 53.8 Å². The number of halogens is 1. The van der Waals surface area contributed by atoms with Crippen molar-refractivity contribution in [2.24, 2.45) is 5.92 Å². The summed E-state index contributed by atoms with van der Waals surface area (Å²) in [5.74, 6) is 2.47. The number of ketones is 1. The van der Waals surface area contributed by atoms with Crippen molar-refractivity contribution in [2.45, 2.75) is 45.1 Å². The maximum absolute atomic E-state index is 12.8. The number of hydrogen-bond acceptors (Lipinski definition) is 4. The SMILES string of the molecule is COc1cc2cc(C(=O)CCCCC3CC[N+](C)(Cc4ccccc4)CC3)sc2cc1OC.[Br-]. The topological polar surface area (TPSA) is 35.5 Å². The van der Waals surface area contributed by atoms with Crippen LogP contribution in [0.3, 0.4) is 0 Å². The first-order chi connectivity index (χ1) is 16.0. The van der Waals surface area contributed by atoms with Gasteiger partial charge in [0, 0.05) is 22.8 Å². The van der Waals surface area contributed by atoms with E-state index < -0.39 is 0 Å². The van der Waals surface area contributed by atoms with Crippen LogP contribution in [0.5, 0.6) is 11.5 Å². The van der Waals surface area contributed by atoms with Crippen LogP contribution in [0.15, 0.2) is 48.5 Å². The van der Waals surface area contributed by atoms with E-state index in [1.165, 1.54) is 37.9 Å². The van der Waals surface area contributed by atoms with Gasteiger partial charge >= 0.3 is 0 Å². The summed E-state index contributed by atoms with van der Waals surface area (Å²) < 4.78 is 13.0. The van der Waals surface area contributed by atoms with E-state index in [1.807, 2.05) is 18.2 Å². The number of piperidine rings is 1. The van der Waals surface area contributed by atoms with Gasteiger partial charge in [-0.05, 0) is 49.1 Å². The summed E-state index contributed by atoms with van der Waals surface area (Å²) in [7, 11) is 5.67. The Bertz CT molecular complexity index is 1030. The van der Waals surface area contributed by atoms with Gasteiger partial charge in [-0.1, -0.05) is 36.8 Å². The number of unbranched alkanes of at least 4 members (excludes halogenated alkanes) is 1. The summed E-state index contributed by atoms with van der Waals surface area (Å²) in [6, 6.07) is 16.8. The van der Waals surface area contributed by atoms with Gasteiger partial charge in [-0.2, -0.15) is 0 Å². The first-order valence-electron chi connectivity index (χ1n) is 12.1. The number of quaternary nitrogens is 1. The summed E-state index contributed by atoms with van der Waals surface area (Å²) in [6.07, 6.45) is 6.61. The predicted octanol–water partition coefficient (Wildman–Crippen LogP) is 3.72. The third-order valence-corrected chi connectivity index (χ3v) is 8.26. The van der Waals surface area contributed by atoms with Gasteiger partial charge in [0.05, 0.1) is 39.2 Å². The van der Waals surface area contributed by atoms with Gasteiger partial charge in [0.2, 0.25) is 0 Å². The lowest BCUT2D eigenvalue weighted by Gasteiger charge is -2.40. The van der Waals surface area contributed by atoms with Crippen molar-refractivity contribution < 1.29 is 35.7 Å². The smallest absolute Gasteiger partial charge is 0.172 e. The number of methoxy groups -OCH3 is 2. The molecule has 3 aromatic rings. The molecule has 0 saturated carbocycles. The molecule has 2 aromatic carbocycles. The third-order valence-electron chi connectivity index (χ3n) is 7.13. The average molecular weight is 547 g/mol. The van der Waals surface area contributed by atoms with Gasteiger partial charge in [0.15, 0.2) is 17.3 Å². The van der Waals surface area contributed by atoms with Crippen molar-refractivity contribution in [2.75, 3.05) is 34.4 Å². The monoisotopic (exact) mass is 545 g/mol. The molecule has 0 radical (unpaired) electrons. The molecule has 4 rings (SSSR count). The van der Waals surface area contributed by atoms with Crippen LogP contribution in [-0.2, 0) is 6.54 Å². The molecule has 184 valence electrons. The number of rotatable bonds is 10. The van der Waals surface area contributed by atoms with E-state index in [0.29, 0.717) is 17.9 Å². The normalized spacial score (nSPS) is 20.0. The number of carbonyl (C=O) groups is 1. The number of benzene rings is 2. The third kappa shape index (κ3) is 6.61. The number of thiophene rings is 1. The molecular weight excluding hydrogens is 510 g/mol. The number of nitrogens with zero attached hydrogens (tertiary/aromatic N) is 1. The minimum Gasteiger partial charge on any atom is -1.00 e. The first kappa shape index (κ1) is 26.7. The first-order valence-corrected chi connectivity index (χ1v) is 12.9. The van der Waals surface area contributed by atoms with Crippen molar-refractivity contribution >= 4 is 27.2 Å². The molecule has 1 saturated heterocycles. The fraction of sp³-hybridized carbons (Fsp3) is 0.464. The Morgan fingerprint density at radius 2 is 1.68 bits per heavy atom. The second kappa shape index (κ2) is 12.2.